The first-order valence-corrected chi connectivity index (χ1v) is 16.8. The van der Waals surface area contributed by atoms with Gasteiger partial charge in [-0.2, -0.15) is 0 Å². The Kier molecular flexibility index (Phi) is 8.23. The first-order valence-electron chi connectivity index (χ1n) is 15.9. The number of rotatable bonds is 6. The number of thiazole rings is 1. The van der Waals surface area contributed by atoms with Crippen LogP contribution >= 0.6 is 11.3 Å². The number of aliphatic hydroxyl groups is 1. The molecule has 2 aliphatic heterocycles. The lowest BCUT2D eigenvalue weighted by Gasteiger charge is -2.43. The molecule has 6 heterocycles. The van der Waals surface area contributed by atoms with Crippen LogP contribution in [0, 0.1) is 12.8 Å². The molecular formula is C35H37N7O4S. The van der Waals surface area contributed by atoms with Crippen molar-refractivity contribution in [3.8, 4) is 10.6 Å². The van der Waals surface area contributed by atoms with Crippen molar-refractivity contribution in [1.82, 2.24) is 33.9 Å². The zero-order chi connectivity index (χ0) is 32.7. The predicted molar refractivity (Wildman–Crippen MR) is 179 cm³/mol. The number of aryl methyl sites for hydroxylation is 2. The SMILES string of the molecule is Cc1ccc(-c2ncc(C(=O)N3CC[C@@H](C(=O)N4CCC(O)(Cn5cnc6c(ccn6C)c5=O)CC4)[C@H](c4ccccc4)C3)s2)cn1. The van der Waals surface area contributed by atoms with Gasteiger partial charge in [0.2, 0.25) is 5.91 Å². The van der Waals surface area contributed by atoms with Gasteiger partial charge in [-0.05, 0) is 49.9 Å². The molecule has 0 spiro atoms. The van der Waals surface area contributed by atoms with E-state index in [9.17, 15) is 19.5 Å². The number of hydrogen-bond donors (Lipinski definition) is 1. The van der Waals surface area contributed by atoms with Gasteiger partial charge in [-0.25, -0.2) is 9.97 Å². The zero-order valence-electron chi connectivity index (χ0n) is 26.5. The van der Waals surface area contributed by atoms with Gasteiger partial charge in [0.05, 0.1) is 23.7 Å². The highest BCUT2D eigenvalue weighted by Gasteiger charge is 2.42. The van der Waals surface area contributed by atoms with Crippen molar-refractivity contribution < 1.29 is 14.7 Å². The van der Waals surface area contributed by atoms with Crippen LogP contribution in [0.3, 0.4) is 0 Å². The maximum absolute atomic E-state index is 14.1. The number of pyridine rings is 1. The molecule has 1 N–H and O–H groups in total. The van der Waals surface area contributed by atoms with E-state index < -0.39 is 5.60 Å². The van der Waals surface area contributed by atoms with Gasteiger partial charge in [0, 0.05) is 68.7 Å². The lowest BCUT2D eigenvalue weighted by Crippen LogP contribution is -2.53. The quantitative estimate of drug-likeness (QED) is 0.296. The molecule has 0 radical (unpaired) electrons. The molecule has 2 fully saturated rings. The number of carbonyl (C=O) groups excluding carboxylic acids is 2. The second kappa shape index (κ2) is 12.5. The third-order valence-corrected chi connectivity index (χ3v) is 10.7. The third-order valence-electron chi connectivity index (χ3n) is 9.64. The summed E-state index contributed by atoms with van der Waals surface area (Å²) in [4.78, 5) is 58.4. The summed E-state index contributed by atoms with van der Waals surface area (Å²) >= 11 is 1.36. The fourth-order valence-corrected chi connectivity index (χ4v) is 7.75. The Morgan fingerprint density at radius 2 is 1.77 bits per heavy atom. The minimum atomic E-state index is -1.12. The molecule has 242 valence electrons. The van der Waals surface area contributed by atoms with Gasteiger partial charge < -0.3 is 19.5 Å². The van der Waals surface area contributed by atoms with Crippen LogP contribution in [-0.4, -0.2) is 82.6 Å². The van der Waals surface area contributed by atoms with E-state index in [0.717, 1.165) is 21.8 Å². The summed E-state index contributed by atoms with van der Waals surface area (Å²) in [5.74, 6) is -0.500. The maximum Gasteiger partial charge on any atom is 0.265 e. The van der Waals surface area contributed by atoms with E-state index in [1.54, 1.807) is 29.2 Å². The highest BCUT2D eigenvalue weighted by molar-refractivity contribution is 7.16. The number of amides is 2. The predicted octanol–water partition coefficient (Wildman–Crippen LogP) is 3.86. The first kappa shape index (κ1) is 30.9. The number of benzene rings is 1. The second-order valence-corrected chi connectivity index (χ2v) is 13.8. The van der Waals surface area contributed by atoms with Gasteiger partial charge in [-0.15, -0.1) is 11.3 Å². The number of nitrogens with zero attached hydrogens (tertiary/aromatic N) is 7. The summed E-state index contributed by atoms with van der Waals surface area (Å²) in [6.45, 7) is 3.73. The molecule has 0 bridgehead atoms. The molecule has 2 atom stereocenters. The number of carbonyl (C=O) groups is 2. The molecule has 2 saturated heterocycles. The largest absolute Gasteiger partial charge is 0.388 e. The third kappa shape index (κ3) is 6.10. The van der Waals surface area contributed by atoms with Gasteiger partial charge >= 0.3 is 0 Å². The molecule has 2 amide bonds. The van der Waals surface area contributed by atoms with Crippen LogP contribution in [-0.2, 0) is 18.4 Å². The minimum Gasteiger partial charge on any atom is -0.388 e. The van der Waals surface area contributed by atoms with E-state index >= 15 is 0 Å². The van der Waals surface area contributed by atoms with E-state index in [1.165, 1.54) is 22.2 Å². The van der Waals surface area contributed by atoms with Gasteiger partial charge in [-0.3, -0.25) is 23.9 Å². The molecule has 11 nitrogen and oxygen atoms in total. The van der Waals surface area contributed by atoms with Gasteiger partial charge in [0.15, 0.2) is 0 Å². The van der Waals surface area contributed by atoms with Crippen molar-refractivity contribution in [1.29, 1.82) is 0 Å². The lowest BCUT2D eigenvalue weighted by molar-refractivity contribution is -0.142. The molecule has 5 aromatic rings. The molecular weight excluding hydrogens is 614 g/mol. The van der Waals surface area contributed by atoms with Crippen LogP contribution in [0.15, 0.2) is 78.2 Å². The van der Waals surface area contributed by atoms with Crippen molar-refractivity contribution in [3.63, 3.8) is 0 Å². The summed E-state index contributed by atoms with van der Waals surface area (Å²) in [5, 5.41) is 12.7. The van der Waals surface area contributed by atoms with Gasteiger partial charge in [0.25, 0.3) is 11.5 Å². The van der Waals surface area contributed by atoms with E-state index in [2.05, 4.69) is 15.0 Å². The Bertz CT molecular complexity index is 1980. The van der Waals surface area contributed by atoms with Crippen molar-refractivity contribution in [2.24, 2.45) is 13.0 Å². The monoisotopic (exact) mass is 651 g/mol. The highest BCUT2D eigenvalue weighted by Crippen LogP contribution is 2.37. The molecule has 7 rings (SSSR count). The average molecular weight is 652 g/mol. The molecule has 47 heavy (non-hydrogen) atoms. The van der Waals surface area contributed by atoms with E-state index in [-0.39, 0.29) is 35.8 Å². The number of aromatic nitrogens is 5. The van der Waals surface area contributed by atoms with Crippen molar-refractivity contribution in [3.05, 3.63) is 99.9 Å². The Morgan fingerprint density at radius 1 is 0.979 bits per heavy atom. The normalized spacial score (nSPS) is 19.6. The fourth-order valence-electron chi connectivity index (χ4n) is 6.87. The summed E-state index contributed by atoms with van der Waals surface area (Å²) in [6.07, 6.45) is 7.94. The number of piperidine rings is 2. The number of fused-ring (bicyclic) bond motifs is 1. The molecule has 0 aliphatic carbocycles. The highest BCUT2D eigenvalue weighted by atomic mass is 32.1. The summed E-state index contributed by atoms with van der Waals surface area (Å²) in [5.41, 5.74) is 2.12. The Hall–Kier alpha value is -4.68. The van der Waals surface area contributed by atoms with Crippen molar-refractivity contribution in [2.45, 2.75) is 44.2 Å². The van der Waals surface area contributed by atoms with Crippen LogP contribution < -0.4 is 5.56 Å². The number of hydrogen-bond acceptors (Lipinski definition) is 8. The second-order valence-electron chi connectivity index (χ2n) is 12.8. The van der Waals surface area contributed by atoms with E-state index in [1.807, 2.05) is 66.2 Å². The average Bonchev–Trinajstić information content (AvgIpc) is 3.74. The minimum absolute atomic E-state index is 0.0458. The first-order chi connectivity index (χ1) is 22.7. The molecule has 0 saturated carbocycles. The van der Waals surface area contributed by atoms with Crippen LogP contribution in [0.4, 0.5) is 0 Å². The van der Waals surface area contributed by atoms with Gasteiger partial charge in [-0.1, -0.05) is 30.3 Å². The Labute approximate surface area is 276 Å². The molecule has 0 unspecified atom stereocenters. The molecule has 1 aromatic carbocycles. The standard InChI is InChI=1S/C35H37N7O4S/c1-23-8-9-25(18-36-23)31-37-19-29(47-31)34(45)41-15-11-26(28(20-41)24-6-4-3-5-7-24)32(43)40-16-12-35(46,13-17-40)21-42-22-38-30-27(33(42)44)10-14-39(30)2/h3-10,14,18-19,22,26,28,46H,11-13,15-17,20-21H2,1-2H3/t26-,28+/m1/s1. The van der Waals surface area contributed by atoms with Crippen molar-refractivity contribution in [2.75, 3.05) is 26.2 Å². The van der Waals surface area contributed by atoms with Crippen LogP contribution in [0.1, 0.15) is 46.1 Å². The van der Waals surface area contributed by atoms with Gasteiger partial charge in [0.1, 0.15) is 21.9 Å². The fraction of sp³-hybridized carbons (Fsp3) is 0.371. The lowest BCUT2D eigenvalue weighted by atomic mass is 9.79. The molecule has 2 aliphatic rings. The maximum atomic E-state index is 14.1. The summed E-state index contributed by atoms with van der Waals surface area (Å²) < 4.78 is 3.27. The topological polar surface area (TPSA) is 126 Å². The summed E-state index contributed by atoms with van der Waals surface area (Å²) in [7, 11) is 1.84. The Balaban J connectivity index is 1.04. The van der Waals surface area contributed by atoms with Crippen molar-refractivity contribution >= 4 is 34.2 Å². The zero-order valence-corrected chi connectivity index (χ0v) is 27.3. The van der Waals surface area contributed by atoms with Crippen LogP contribution in [0.5, 0.6) is 0 Å². The Morgan fingerprint density at radius 3 is 2.51 bits per heavy atom. The van der Waals surface area contributed by atoms with E-state index in [0.29, 0.717) is 61.4 Å². The molecule has 12 heteroatoms. The summed E-state index contributed by atoms with van der Waals surface area (Å²) in [6, 6.07) is 15.6. The number of likely N-dealkylation sites (tertiary alicyclic amines) is 2. The molecule has 4 aromatic heterocycles. The smallest absolute Gasteiger partial charge is 0.265 e. The van der Waals surface area contributed by atoms with Crippen LogP contribution in [0.2, 0.25) is 0 Å². The van der Waals surface area contributed by atoms with E-state index in [4.69, 9.17) is 0 Å². The van der Waals surface area contributed by atoms with Crippen LogP contribution in [0.25, 0.3) is 21.6 Å².